The number of hydrogen-bond acceptors (Lipinski definition) is 1. The van der Waals surface area contributed by atoms with Gasteiger partial charge in [0, 0.05) is 40.8 Å². The first-order chi connectivity index (χ1) is 10.3. The fraction of sp³-hybridized carbons (Fsp3) is 0.400. The standard InChI is InChI=1S/C16H15N.2C2H6.2Re/c1-11-5-3-7-13-9-17-10-14-8-4-6-12(2)16(14)15(11)13;2*1-2;;/h3-6,17H,9-10H2,1-2H3;2*1-2H3;;/q-2;;;;. The molecule has 0 saturated heterocycles. The third-order valence-electron chi connectivity index (χ3n) is 3.43. The summed E-state index contributed by atoms with van der Waals surface area (Å²) in [4.78, 5) is 0. The van der Waals surface area contributed by atoms with Crippen LogP contribution in [-0.2, 0) is 53.9 Å². The second-order valence-electron chi connectivity index (χ2n) is 4.63. The maximum absolute atomic E-state index is 3.45. The molecular formula is C20H27NRe2-2. The van der Waals surface area contributed by atoms with E-state index in [1.165, 1.54) is 33.4 Å². The van der Waals surface area contributed by atoms with Gasteiger partial charge < -0.3 is 5.32 Å². The second kappa shape index (κ2) is 13.1. The molecule has 1 heterocycles. The van der Waals surface area contributed by atoms with Gasteiger partial charge in [-0.15, -0.1) is 0 Å². The van der Waals surface area contributed by atoms with Crippen molar-refractivity contribution in [1.82, 2.24) is 5.32 Å². The van der Waals surface area contributed by atoms with Crippen molar-refractivity contribution in [2.24, 2.45) is 0 Å². The van der Waals surface area contributed by atoms with Crippen molar-refractivity contribution in [1.29, 1.82) is 0 Å². The Morgan fingerprint density at radius 2 is 1.09 bits per heavy atom. The number of aryl methyl sites for hydroxylation is 2. The summed E-state index contributed by atoms with van der Waals surface area (Å²) in [7, 11) is 0. The summed E-state index contributed by atoms with van der Waals surface area (Å²) in [5, 5.41) is 3.45. The summed E-state index contributed by atoms with van der Waals surface area (Å²) < 4.78 is 0. The molecule has 23 heavy (non-hydrogen) atoms. The molecule has 128 valence electrons. The Kier molecular flexibility index (Phi) is 14.2. The van der Waals surface area contributed by atoms with E-state index < -0.39 is 0 Å². The molecule has 1 nitrogen and oxygen atoms in total. The number of hydrogen-bond donors (Lipinski definition) is 1. The van der Waals surface area contributed by atoms with E-state index in [4.69, 9.17) is 0 Å². The molecule has 0 amide bonds. The van der Waals surface area contributed by atoms with Crippen LogP contribution in [0.5, 0.6) is 0 Å². The van der Waals surface area contributed by atoms with Crippen LogP contribution in [0.25, 0.3) is 11.1 Å². The zero-order chi connectivity index (χ0) is 15.8. The quantitative estimate of drug-likeness (QED) is 0.385. The minimum atomic E-state index is 0. The maximum Gasteiger partial charge on any atom is 0 e. The molecule has 0 unspecified atom stereocenters. The van der Waals surface area contributed by atoms with Gasteiger partial charge in [-0.05, 0) is 13.1 Å². The Labute approximate surface area is 170 Å². The molecule has 3 heteroatoms. The largest absolute Gasteiger partial charge is 0.313 e. The van der Waals surface area contributed by atoms with Crippen LogP contribution in [0, 0.1) is 26.0 Å². The van der Waals surface area contributed by atoms with E-state index in [1.54, 1.807) is 0 Å². The van der Waals surface area contributed by atoms with Gasteiger partial charge in [0.05, 0.1) is 0 Å². The van der Waals surface area contributed by atoms with Crippen LogP contribution in [0.2, 0.25) is 0 Å². The maximum atomic E-state index is 3.45. The molecule has 0 aromatic heterocycles. The zero-order valence-electron chi connectivity index (χ0n) is 15.0. The van der Waals surface area contributed by atoms with E-state index in [0.29, 0.717) is 0 Å². The molecule has 0 bridgehead atoms. The van der Waals surface area contributed by atoms with Gasteiger partial charge in [0.2, 0.25) is 0 Å². The van der Waals surface area contributed by atoms with Crippen molar-refractivity contribution in [3.05, 3.63) is 58.7 Å². The Morgan fingerprint density at radius 1 is 0.739 bits per heavy atom. The van der Waals surface area contributed by atoms with E-state index >= 15 is 0 Å². The van der Waals surface area contributed by atoms with Crippen LogP contribution in [-0.4, -0.2) is 0 Å². The summed E-state index contributed by atoms with van der Waals surface area (Å²) in [5.41, 5.74) is 7.89. The average molecular weight is 654 g/mol. The Hall–Kier alpha value is -0.275. The fourth-order valence-corrected chi connectivity index (χ4v) is 2.61. The predicted octanol–water partition coefficient (Wildman–Crippen LogP) is 5.22. The summed E-state index contributed by atoms with van der Waals surface area (Å²) in [6, 6.07) is 15.0. The van der Waals surface area contributed by atoms with E-state index in [0.717, 1.165) is 13.1 Å². The molecule has 2 aromatic carbocycles. The van der Waals surface area contributed by atoms with Gasteiger partial charge in [0.1, 0.15) is 0 Å². The Balaban J connectivity index is 0. The van der Waals surface area contributed by atoms with Crippen molar-refractivity contribution in [3.63, 3.8) is 0 Å². The van der Waals surface area contributed by atoms with Crippen molar-refractivity contribution < 1.29 is 40.8 Å². The van der Waals surface area contributed by atoms with Crippen LogP contribution in [0.1, 0.15) is 49.9 Å². The van der Waals surface area contributed by atoms with Crippen LogP contribution < -0.4 is 5.32 Å². The molecule has 2 aromatic rings. The Bertz CT molecular complexity index is 528. The predicted molar refractivity (Wildman–Crippen MR) is 92.3 cm³/mol. The molecule has 1 aliphatic heterocycles. The second-order valence-corrected chi connectivity index (χ2v) is 4.63. The van der Waals surface area contributed by atoms with Gasteiger partial charge in [0.15, 0.2) is 0 Å². The van der Waals surface area contributed by atoms with Crippen LogP contribution in [0.4, 0.5) is 0 Å². The first-order valence-electron chi connectivity index (χ1n) is 7.99. The van der Waals surface area contributed by atoms with Gasteiger partial charge in [0.25, 0.3) is 0 Å². The molecule has 0 atom stereocenters. The normalized spacial score (nSPS) is 10.7. The van der Waals surface area contributed by atoms with Crippen LogP contribution >= 0.6 is 0 Å². The molecular weight excluding hydrogens is 627 g/mol. The van der Waals surface area contributed by atoms with Gasteiger partial charge in [-0.1, -0.05) is 41.5 Å². The van der Waals surface area contributed by atoms with Gasteiger partial charge in [-0.2, -0.15) is 69.8 Å². The van der Waals surface area contributed by atoms with Crippen LogP contribution in [0.3, 0.4) is 0 Å². The molecule has 0 fully saturated rings. The molecule has 2 radical (unpaired) electrons. The van der Waals surface area contributed by atoms with E-state index in [9.17, 15) is 0 Å². The monoisotopic (exact) mass is 655 g/mol. The first-order valence-corrected chi connectivity index (χ1v) is 7.99. The minimum absolute atomic E-state index is 0. The molecule has 0 saturated carbocycles. The van der Waals surface area contributed by atoms with E-state index in [-0.39, 0.29) is 40.8 Å². The van der Waals surface area contributed by atoms with Crippen molar-refractivity contribution in [3.8, 4) is 11.1 Å². The van der Waals surface area contributed by atoms with Gasteiger partial charge >= 0.3 is 0 Å². The molecule has 0 spiro atoms. The zero-order valence-corrected chi connectivity index (χ0v) is 20.4. The van der Waals surface area contributed by atoms with Gasteiger partial charge in [-0.3, -0.25) is 0 Å². The SMILES string of the molecule is CC.CC.Cc1cc[c-]c2c1-c1c([c-]ccc1C)CNC2.[Re].[Re]. The van der Waals surface area contributed by atoms with E-state index in [1.807, 2.05) is 39.8 Å². The third kappa shape index (κ3) is 5.94. The number of nitrogens with one attached hydrogen (secondary N) is 1. The molecule has 3 rings (SSSR count). The van der Waals surface area contributed by atoms with E-state index in [2.05, 4.69) is 43.4 Å². The number of benzene rings is 2. The van der Waals surface area contributed by atoms with Gasteiger partial charge in [-0.25, -0.2) is 0 Å². The topological polar surface area (TPSA) is 12.0 Å². The van der Waals surface area contributed by atoms with Crippen molar-refractivity contribution >= 4 is 0 Å². The molecule has 1 aliphatic rings. The minimum Gasteiger partial charge on any atom is -0.313 e. The van der Waals surface area contributed by atoms with Crippen molar-refractivity contribution in [2.45, 2.75) is 54.6 Å². The number of fused-ring (bicyclic) bond motifs is 3. The summed E-state index contributed by atoms with van der Waals surface area (Å²) in [5.74, 6) is 0. The Morgan fingerprint density at radius 3 is 1.43 bits per heavy atom. The number of rotatable bonds is 0. The van der Waals surface area contributed by atoms with Crippen LogP contribution in [0.15, 0.2) is 24.3 Å². The molecule has 0 aliphatic carbocycles. The average Bonchev–Trinajstić information content (AvgIpc) is 2.72. The first kappa shape index (κ1) is 25.0. The van der Waals surface area contributed by atoms with Crippen molar-refractivity contribution in [2.75, 3.05) is 0 Å². The summed E-state index contributed by atoms with van der Waals surface area (Å²) >= 11 is 0. The smallest absolute Gasteiger partial charge is 0 e. The fourth-order valence-electron chi connectivity index (χ4n) is 2.61. The molecule has 1 N–H and O–H groups in total. The summed E-state index contributed by atoms with van der Waals surface area (Å²) in [6.07, 6.45) is 0. The summed E-state index contributed by atoms with van der Waals surface area (Å²) in [6.45, 7) is 14.1. The third-order valence-corrected chi connectivity index (χ3v) is 3.43.